The minimum Gasteiger partial charge on any atom is -0.375 e. The summed E-state index contributed by atoms with van der Waals surface area (Å²) in [6.45, 7) is 0.0590. The largest absolute Gasteiger partial charge is 0.375 e. The summed E-state index contributed by atoms with van der Waals surface area (Å²) in [5, 5.41) is 7.93. The SMILES string of the molecule is COCC(=O)Nc1ccc2cnn(C)c2c1. The van der Waals surface area contributed by atoms with Gasteiger partial charge in [-0.25, -0.2) is 0 Å². The molecule has 0 aliphatic rings. The molecule has 0 spiro atoms. The van der Waals surface area contributed by atoms with Crippen molar-refractivity contribution in [3.63, 3.8) is 0 Å². The van der Waals surface area contributed by atoms with Gasteiger partial charge < -0.3 is 10.1 Å². The van der Waals surface area contributed by atoms with E-state index < -0.39 is 0 Å². The number of aromatic nitrogens is 2. The van der Waals surface area contributed by atoms with Gasteiger partial charge in [0.25, 0.3) is 0 Å². The van der Waals surface area contributed by atoms with Gasteiger partial charge in [-0.05, 0) is 18.2 Å². The highest BCUT2D eigenvalue weighted by atomic mass is 16.5. The van der Waals surface area contributed by atoms with E-state index in [0.717, 1.165) is 16.6 Å². The first-order valence-corrected chi connectivity index (χ1v) is 4.91. The van der Waals surface area contributed by atoms with Gasteiger partial charge in [-0.1, -0.05) is 0 Å². The Labute approximate surface area is 93.0 Å². The molecule has 5 nitrogen and oxygen atoms in total. The molecule has 5 heteroatoms. The Bertz CT molecular complexity index is 519. The van der Waals surface area contributed by atoms with Crippen LogP contribution in [0.4, 0.5) is 5.69 Å². The van der Waals surface area contributed by atoms with E-state index in [4.69, 9.17) is 4.74 Å². The zero-order chi connectivity index (χ0) is 11.5. The van der Waals surface area contributed by atoms with Gasteiger partial charge in [0, 0.05) is 25.2 Å². The Morgan fingerprint density at radius 2 is 2.38 bits per heavy atom. The molecular formula is C11H13N3O2. The maximum Gasteiger partial charge on any atom is 0.250 e. The van der Waals surface area contributed by atoms with Crippen LogP contribution in [0.1, 0.15) is 0 Å². The van der Waals surface area contributed by atoms with E-state index in [0.29, 0.717) is 0 Å². The number of aryl methyl sites for hydroxylation is 1. The first kappa shape index (κ1) is 10.6. The Hall–Kier alpha value is -1.88. The molecule has 16 heavy (non-hydrogen) atoms. The molecule has 2 rings (SSSR count). The second-order valence-corrected chi connectivity index (χ2v) is 3.52. The molecule has 0 atom stereocenters. The highest BCUT2D eigenvalue weighted by molar-refractivity contribution is 5.94. The molecule has 0 saturated carbocycles. The lowest BCUT2D eigenvalue weighted by Crippen LogP contribution is -2.16. The van der Waals surface area contributed by atoms with E-state index in [1.54, 1.807) is 10.9 Å². The number of rotatable bonds is 3. The standard InChI is InChI=1S/C11H13N3O2/c1-14-10-5-9(13-11(15)7-16-2)4-3-8(10)6-12-14/h3-6H,7H2,1-2H3,(H,13,15). The molecule has 1 heterocycles. The van der Waals surface area contributed by atoms with E-state index in [1.165, 1.54) is 7.11 Å². The Morgan fingerprint density at radius 3 is 3.12 bits per heavy atom. The summed E-state index contributed by atoms with van der Waals surface area (Å²) >= 11 is 0. The molecular weight excluding hydrogens is 206 g/mol. The highest BCUT2D eigenvalue weighted by Crippen LogP contribution is 2.18. The number of anilines is 1. The number of ether oxygens (including phenoxy) is 1. The monoisotopic (exact) mass is 219 g/mol. The Kier molecular flexibility index (Phi) is 2.87. The lowest BCUT2D eigenvalue weighted by Gasteiger charge is -2.04. The molecule has 1 amide bonds. The summed E-state index contributed by atoms with van der Waals surface area (Å²) in [6, 6.07) is 5.65. The van der Waals surface area contributed by atoms with Crippen LogP contribution in [0.2, 0.25) is 0 Å². The summed E-state index contributed by atoms with van der Waals surface area (Å²) in [7, 11) is 3.35. The Balaban J connectivity index is 2.25. The number of amides is 1. The number of methoxy groups -OCH3 is 1. The van der Waals surface area contributed by atoms with Crippen LogP contribution in [0.5, 0.6) is 0 Å². The van der Waals surface area contributed by atoms with Crippen molar-refractivity contribution in [3.8, 4) is 0 Å². The van der Waals surface area contributed by atoms with E-state index >= 15 is 0 Å². The van der Waals surface area contributed by atoms with Crippen LogP contribution in [0.15, 0.2) is 24.4 Å². The van der Waals surface area contributed by atoms with Crippen molar-refractivity contribution in [2.75, 3.05) is 19.0 Å². The fraction of sp³-hybridized carbons (Fsp3) is 0.273. The van der Waals surface area contributed by atoms with E-state index in [2.05, 4.69) is 10.4 Å². The molecule has 2 aromatic rings. The minimum absolute atomic E-state index is 0.0590. The molecule has 84 valence electrons. The van der Waals surface area contributed by atoms with Crippen molar-refractivity contribution in [2.45, 2.75) is 0 Å². The van der Waals surface area contributed by atoms with Crippen molar-refractivity contribution in [2.24, 2.45) is 7.05 Å². The normalized spacial score (nSPS) is 10.6. The molecule has 0 bridgehead atoms. The maximum absolute atomic E-state index is 11.3. The predicted molar refractivity (Wildman–Crippen MR) is 61.2 cm³/mol. The van der Waals surface area contributed by atoms with Gasteiger partial charge in [0.15, 0.2) is 0 Å². The third kappa shape index (κ3) is 2.04. The van der Waals surface area contributed by atoms with Crippen LogP contribution < -0.4 is 5.32 Å². The van der Waals surface area contributed by atoms with Crippen LogP contribution in [-0.2, 0) is 16.6 Å². The number of carbonyl (C=O) groups is 1. The summed E-state index contributed by atoms with van der Waals surface area (Å²) in [6.07, 6.45) is 1.79. The number of nitrogens with one attached hydrogen (secondary N) is 1. The number of nitrogens with zero attached hydrogens (tertiary/aromatic N) is 2. The number of carbonyl (C=O) groups excluding carboxylic acids is 1. The molecule has 0 saturated heterocycles. The van der Waals surface area contributed by atoms with Crippen molar-refractivity contribution in [1.82, 2.24) is 9.78 Å². The van der Waals surface area contributed by atoms with Gasteiger partial charge in [0.05, 0.1) is 11.7 Å². The van der Waals surface area contributed by atoms with Gasteiger partial charge in [-0.2, -0.15) is 5.10 Å². The third-order valence-corrected chi connectivity index (χ3v) is 2.31. The first-order valence-electron chi connectivity index (χ1n) is 4.91. The number of fused-ring (bicyclic) bond motifs is 1. The summed E-state index contributed by atoms with van der Waals surface area (Å²) in [5.41, 5.74) is 1.73. The van der Waals surface area contributed by atoms with Crippen molar-refractivity contribution in [1.29, 1.82) is 0 Å². The van der Waals surface area contributed by atoms with E-state index in [1.807, 2.05) is 25.2 Å². The molecule has 0 radical (unpaired) electrons. The number of benzene rings is 1. The topological polar surface area (TPSA) is 56.1 Å². The van der Waals surface area contributed by atoms with Crippen LogP contribution in [0, 0.1) is 0 Å². The highest BCUT2D eigenvalue weighted by Gasteiger charge is 2.04. The van der Waals surface area contributed by atoms with Crippen molar-refractivity contribution >= 4 is 22.5 Å². The molecule has 0 fully saturated rings. The first-order chi connectivity index (χ1) is 7.70. The predicted octanol–water partition coefficient (Wildman–Crippen LogP) is 1.16. The van der Waals surface area contributed by atoms with Gasteiger partial charge in [0.2, 0.25) is 5.91 Å². The molecule has 0 unspecified atom stereocenters. The lowest BCUT2D eigenvalue weighted by molar-refractivity contribution is -0.119. The smallest absolute Gasteiger partial charge is 0.250 e. The van der Waals surface area contributed by atoms with Crippen LogP contribution in [-0.4, -0.2) is 29.4 Å². The molecule has 0 aliphatic heterocycles. The zero-order valence-corrected chi connectivity index (χ0v) is 9.23. The molecule has 1 N–H and O–H groups in total. The molecule has 0 aliphatic carbocycles. The fourth-order valence-electron chi connectivity index (χ4n) is 1.55. The zero-order valence-electron chi connectivity index (χ0n) is 9.23. The van der Waals surface area contributed by atoms with Crippen LogP contribution >= 0.6 is 0 Å². The molecule has 1 aromatic carbocycles. The van der Waals surface area contributed by atoms with Gasteiger partial charge in [-0.15, -0.1) is 0 Å². The maximum atomic E-state index is 11.3. The second-order valence-electron chi connectivity index (χ2n) is 3.52. The lowest BCUT2D eigenvalue weighted by atomic mass is 10.2. The van der Waals surface area contributed by atoms with Crippen LogP contribution in [0.25, 0.3) is 10.9 Å². The summed E-state index contributed by atoms with van der Waals surface area (Å²) in [4.78, 5) is 11.3. The van der Waals surface area contributed by atoms with Crippen LogP contribution in [0.3, 0.4) is 0 Å². The van der Waals surface area contributed by atoms with E-state index in [-0.39, 0.29) is 12.5 Å². The fourth-order valence-corrected chi connectivity index (χ4v) is 1.55. The average Bonchev–Trinajstić information content (AvgIpc) is 2.61. The molecule has 1 aromatic heterocycles. The third-order valence-electron chi connectivity index (χ3n) is 2.31. The number of hydrogen-bond donors (Lipinski definition) is 1. The average molecular weight is 219 g/mol. The summed E-state index contributed by atoms with van der Waals surface area (Å²) < 4.78 is 6.51. The minimum atomic E-state index is -0.163. The quantitative estimate of drug-likeness (QED) is 0.842. The van der Waals surface area contributed by atoms with Crippen molar-refractivity contribution < 1.29 is 9.53 Å². The summed E-state index contributed by atoms with van der Waals surface area (Å²) in [5.74, 6) is -0.163. The Morgan fingerprint density at radius 1 is 1.56 bits per heavy atom. The van der Waals surface area contributed by atoms with Gasteiger partial charge >= 0.3 is 0 Å². The van der Waals surface area contributed by atoms with Gasteiger partial charge in [-0.3, -0.25) is 9.48 Å². The second kappa shape index (κ2) is 4.32. The van der Waals surface area contributed by atoms with Crippen molar-refractivity contribution in [3.05, 3.63) is 24.4 Å². The van der Waals surface area contributed by atoms with Gasteiger partial charge in [0.1, 0.15) is 6.61 Å². The number of hydrogen-bond acceptors (Lipinski definition) is 3. The van der Waals surface area contributed by atoms with E-state index in [9.17, 15) is 4.79 Å².